The van der Waals surface area contributed by atoms with Crippen molar-refractivity contribution in [1.82, 2.24) is 0 Å². The van der Waals surface area contributed by atoms with Gasteiger partial charge in [0.25, 0.3) is 5.91 Å². The summed E-state index contributed by atoms with van der Waals surface area (Å²) >= 11 is 0. The zero-order valence-corrected chi connectivity index (χ0v) is 12.6. The molecule has 0 atom stereocenters. The van der Waals surface area contributed by atoms with Crippen molar-refractivity contribution in [1.29, 1.82) is 0 Å². The quantitative estimate of drug-likeness (QED) is 0.752. The Morgan fingerprint density at radius 1 is 0.955 bits per heavy atom. The van der Waals surface area contributed by atoms with Crippen LogP contribution in [0.5, 0.6) is 0 Å². The number of benzene rings is 2. The molecular formula is C19H17NO2. The fourth-order valence-electron chi connectivity index (χ4n) is 2.45. The lowest BCUT2D eigenvalue weighted by atomic mass is 10.1. The van der Waals surface area contributed by atoms with Crippen LogP contribution in [0.1, 0.15) is 21.5 Å². The van der Waals surface area contributed by atoms with Gasteiger partial charge >= 0.3 is 0 Å². The van der Waals surface area contributed by atoms with E-state index < -0.39 is 0 Å². The van der Waals surface area contributed by atoms with Crippen LogP contribution in [0.3, 0.4) is 0 Å². The molecule has 3 heteroatoms. The van der Waals surface area contributed by atoms with Gasteiger partial charge in [0, 0.05) is 16.8 Å². The number of carbonyl (C=O) groups excluding carboxylic acids is 1. The maximum Gasteiger partial charge on any atom is 0.255 e. The van der Waals surface area contributed by atoms with E-state index in [4.69, 9.17) is 4.42 Å². The highest BCUT2D eigenvalue weighted by Crippen LogP contribution is 2.23. The van der Waals surface area contributed by atoms with Crippen LogP contribution < -0.4 is 5.32 Å². The first-order chi connectivity index (χ1) is 10.6. The van der Waals surface area contributed by atoms with Crippen molar-refractivity contribution >= 4 is 11.6 Å². The average molecular weight is 291 g/mol. The highest BCUT2D eigenvalue weighted by Gasteiger charge is 2.11. The SMILES string of the molecule is Cc1cccc(C)c1NC(=O)c1cccc(-c2ccco2)c1. The molecule has 3 nitrogen and oxygen atoms in total. The molecule has 22 heavy (non-hydrogen) atoms. The smallest absolute Gasteiger partial charge is 0.255 e. The third kappa shape index (κ3) is 2.79. The second-order valence-electron chi connectivity index (χ2n) is 5.28. The summed E-state index contributed by atoms with van der Waals surface area (Å²) in [6.07, 6.45) is 1.62. The predicted molar refractivity (Wildman–Crippen MR) is 88.0 cm³/mol. The molecule has 1 amide bonds. The average Bonchev–Trinajstić information content (AvgIpc) is 3.05. The number of para-hydroxylation sites is 1. The molecule has 0 bridgehead atoms. The largest absolute Gasteiger partial charge is 0.464 e. The van der Waals surface area contributed by atoms with Crippen LogP contribution >= 0.6 is 0 Å². The van der Waals surface area contributed by atoms with E-state index in [9.17, 15) is 4.79 Å². The van der Waals surface area contributed by atoms with Crippen LogP contribution in [-0.2, 0) is 0 Å². The predicted octanol–water partition coefficient (Wildman–Crippen LogP) is 4.82. The third-order valence-electron chi connectivity index (χ3n) is 3.65. The van der Waals surface area contributed by atoms with E-state index in [-0.39, 0.29) is 5.91 Å². The van der Waals surface area contributed by atoms with Gasteiger partial charge in [-0.3, -0.25) is 4.79 Å². The minimum absolute atomic E-state index is 0.120. The monoisotopic (exact) mass is 291 g/mol. The van der Waals surface area contributed by atoms with E-state index in [2.05, 4.69) is 5.32 Å². The Labute approximate surface area is 129 Å². The van der Waals surface area contributed by atoms with Gasteiger partial charge < -0.3 is 9.73 Å². The fraction of sp³-hybridized carbons (Fsp3) is 0.105. The van der Waals surface area contributed by atoms with Gasteiger partial charge in [-0.2, -0.15) is 0 Å². The highest BCUT2D eigenvalue weighted by atomic mass is 16.3. The van der Waals surface area contributed by atoms with E-state index in [1.54, 1.807) is 12.3 Å². The molecule has 0 saturated carbocycles. The van der Waals surface area contributed by atoms with Crippen molar-refractivity contribution in [3.05, 3.63) is 77.6 Å². The lowest BCUT2D eigenvalue weighted by Gasteiger charge is -2.11. The summed E-state index contributed by atoms with van der Waals surface area (Å²) in [5, 5.41) is 3.00. The van der Waals surface area contributed by atoms with Crippen molar-refractivity contribution in [2.24, 2.45) is 0 Å². The van der Waals surface area contributed by atoms with Crippen molar-refractivity contribution in [3.63, 3.8) is 0 Å². The first-order valence-electron chi connectivity index (χ1n) is 7.16. The molecule has 0 saturated heterocycles. The van der Waals surface area contributed by atoms with Crippen molar-refractivity contribution in [3.8, 4) is 11.3 Å². The molecule has 0 radical (unpaired) electrons. The molecule has 0 aliphatic carbocycles. The Morgan fingerprint density at radius 2 is 1.68 bits per heavy atom. The first kappa shape index (κ1) is 14.1. The Morgan fingerprint density at radius 3 is 2.36 bits per heavy atom. The summed E-state index contributed by atoms with van der Waals surface area (Å²) in [4.78, 5) is 12.5. The highest BCUT2D eigenvalue weighted by molar-refractivity contribution is 6.05. The van der Waals surface area contributed by atoms with Gasteiger partial charge in [-0.25, -0.2) is 0 Å². The summed E-state index contributed by atoms with van der Waals surface area (Å²) in [6.45, 7) is 3.98. The van der Waals surface area contributed by atoms with Crippen molar-refractivity contribution in [2.45, 2.75) is 13.8 Å². The molecule has 2 aromatic carbocycles. The maximum atomic E-state index is 12.5. The van der Waals surface area contributed by atoms with Crippen LogP contribution in [0, 0.1) is 13.8 Å². The minimum Gasteiger partial charge on any atom is -0.464 e. The summed E-state index contributed by atoms with van der Waals surface area (Å²) in [7, 11) is 0. The topological polar surface area (TPSA) is 42.2 Å². The lowest BCUT2D eigenvalue weighted by Crippen LogP contribution is -2.13. The normalized spacial score (nSPS) is 10.5. The standard InChI is InChI=1S/C19H17NO2/c1-13-6-3-7-14(2)18(13)20-19(21)16-9-4-8-15(12-16)17-10-5-11-22-17/h3-12H,1-2H3,(H,20,21). The number of anilines is 1. The van der Waals surface area contributed by atoms with Gasteiger partial charge in [-0.15, -0.1) is 0 Å². The second kappa shape index (κ2) is 5.90. The van der Waals surface area contributed by atoms with Gasteiger partial charge in [-0.1, -0.05) is 30.3 Å². The van der Waals surface area contributed by atoms with E-state index in [0.29, 0.717) is 5.56 Å². The number of hydrogen-bond donors (Lipinski definition) is 1. The minimum atomic E-state index is -0.120. The van der Waals surface area contributed by atoms with Crippen LogP contribution in [0.4, 0.5) is 5.69 Å². The van der Waals surface area contributed by atoms with Crippen LogP contribution in [0.2, 0.25) is 0 Å². The van der Waals surface area contributed by atoms with Crippen LogP contribution in [0.25, 0.3) is 11.3 Å². The Bertz CT molecular complexity index is 784. The molecule has 1 heterocycles. The molecule has 0 spiro atoms. The lowest BCUT2D eigenvalue weighted by molar-refractivity contribution is 0.102. The maximum absolute atomic E-state index is 12.5. The molecule has 3 rings (SSSR count). The third-order valence-corrected chi connectivity index (χ3v) is 3.65. The first-order valence-corrected chi connectivity index (χ1v) is 7.16. The molecule has 0 aliphatic rings. The Hall–Kier alpha value is -2.81. The molecule has 1 N–H and O–H groups in total. The number of furan rings is 1. The van der Waals surface area contributed by atoms with Crippen LogP contribution in [-0.4, -0.2) is 5.91 Å². The summed E-state index contributed by atoms with van der Waals surface area (Å²) < 4.78 is 5.38. The number of nitrogens with one attached hydrogen (secondary N) is 1. The number of aryl methyl sites for hydroxylation is 2. The van der Waals surface area contributed by atoms with E-state index in [1.165, 1.54) is 0 Å². The second-order valence-corrected chi connectivity index (χ2v) is 5.28. The fourth-order valence-corrected chi connectivity index (χ4v) is 2.45. The van der Waals surface area contributed by atoms with E-state index in [1.807, 2.05) is 62.4 Å². The van der Waals surface area contributed by atoms with Crippen LogP contribution in [0.15, 0.2) is 65.3 Å². The molecule has 0 unspecified atom stereocenters. The number of carbonyl (C=O) groups is 1. The number of hydrogen-bond acceptors (Lipinski definition) is 2. The zero-order valence-electron chi connectivity index (χ0n) is 12.6. The molecule has 0 fully saturated rings. The summed E-state index contributed by atoms with van der Waals surface area (Å²) in [6, 6.07) is 17.1. The molecule has 110 valence electrons. The van der Waals surface area contributed by atoms with Gasteiger partial charge in [0.2, 0.25) is 0 Å². The summed E-state index contributed by atoms with van der Waals surface area (Å²) in [5.74, 6) is 0.632. The van der Waals surface area contributed by atoms with Gasteiger partial charge in [0.1, 0.15) is 5.76 Å². The Balaban J connectivity index is 1.88. The van der Waals surface area contributed by atoms with Gasteiger partial charge in [-0.05, 0) is 49.2 Å². The Kier molecular flexibility index (Phi) is 3.79. The van der Waals surface area contributed by atoms with E-state index in [0.717, 1.165) is 28.1 Å². The molecule has 3 aromatic rings. The summed E-state index contributed by atoms with van der Waals surface area (Å²) in [5.41, 5.74) is 4.47. The van der Waals surface area contributed by atoms with E-state index >= 15 is 0 Å². The number of rotatable bonds is 3. The van der Waals surface area contributed by atoms with Gasteiger partial charge in [0.15, 0.2) is 0 Å². The van der Waals surface area contributed by atoms with Gasteiger partial charge in [0.05, 0.1) is 6.26 Å². The zero-order chi connectivity index (χ0) is 15.5. The van der Waals surface area contributed by atoms with Crippen molar-refractivity contribution < 1.29 is 9.21 Å². The molecular weight excluding hydrogens is 274 g/mol. The molecule has 0 aliphatic heterocycles. The van der Waals surface area contributed by atoms with Crippen molar-refractivity contribution in [2.75, 3.05) is 5.32 Å². The molecule has 1 aromatic heterocycles. The number of amides is 1.